The van der Waals surface area contributed by atoms with E-state index in [4.69, 9.17) is 9.57 Å². The van der Waals surface area contributed by atoms with Gasteiger partial charge in [0.15, 0.2) is 0 Å². The molecule has 0 aliphatic rings. The highest BCUT2D eigenvalue weighted by atomic mass is 32.2. The fourth-order valence-corrected chi connectivity index (χ4v) is 7.14. The number of ether oxygens (including phenoxy) is 1. The SMILES string of the molecule is CCON(CCO)c1nc(Nc2ccc(/N=N/c3cc(S(=O)(=O)O)c4cccc(S(=O)(=O)O)c4c3)cc2)nc(Nc2ccc(/N=N/c3cc(C(=O)O)cc(C(=O)O)c3)cc2OC)n1. The highest BCUT2D eigenvalue weighted by Gasteiger charge is 2.22. The number of aliphatic hydroxyl groups excluding tert-OH is 1. The molecule has 63 heavy (non-hydrogen) atoms. The first-order valence-corrected chi connectivity index (χ1v) is 20.9. The molecule has 1 heterocycles. The Hall–Kier alpha value is -7.55. The first kappa shape index (κ1) is 45.0. The monoisotopic (exact) mass is 902 g/mol. The van der Waals surface area contributed by atoms with Crippen molar-refractivity contribution < 1.29 is 60.4 Å². The Morgan fingerprint density at radius 3 is 1.86 bits per heavy atom. The van der Waals surface area contributed by atoms with Crippen LogP contribution in [0.15, 0.2) is 121 Å². The Bertz CT molecular complexity index is 2970. The van der Waals surface area contributed by atoms with Crippen molar-refractivity contribution in [2.24, 2.45) is 20.5 Å². The third-order valence-electron chi connectivity index (χ3n) is 8.42. The minimum atomic E-state index is -4.86. The number of anilines is 5. The molecule has 6 aromatic rings. The molecule has 0 unspecified atom stereocenters. The van der Waals surface area contributed by atoms with E-state index in [2.05, 4.69) is 46.0 Å². The Morgan fingerprint density at radius 2 is 1.27 bits per heavy atom. The van der Waals surface area contributed by atoms with Gasteiger partial charge in [0.1, 0.15) is 15.5 Å². The van der Waals surface area contributed by atoms with E-state index in [9.17, 15) is 50.8 Å². The van der Waals surface area contributed by atoms with Gasteiger partial charge in [-0.05, 0) is 79.7 Å². The number of carboxylic acids is 2. The van der Waals surface area contributed by atoms with Crippen molar-refractivity contribution in [2.75, 3.05) is 42.6 Å². The zero-order valence-electron chi connectivity index (χ0n) is 32.7. The molecule has 0 amide bonds. The summed E-state index contributed by atoms with van der Waals surface area (Å²) in [5.74, 6) is -2.43. The number of nitrogens with zero attached hydrogens (tertiary/aromatic N) is 8. The normalized spacial score (nSPS) is 11.9. The van der Waals surface area contributed by atoms with Crippen LogP contribution < -0.4 is 20.4 Å². The molecule has 0 saturated carbocycles. The molecule has 326 valence electrons. The predicted octanol–water partition coefficient (Wildman–Crippen LogP) is 6.99. The standard InChI is InChI=1S/C38H34N10O13S2/c1-3-61-48(13-14-49)38-42-36(41-37(43-38)40-30-12-11-25(19-31(30)60-2)45-46-26-16-21(34(50)51)15-22(17-26)35(52)53)39-23-7-9-24(10-8-23)44-47-27-18-29-28(33(20-27)63(57,58)59)5-4-6-32(29)62(54,55)56/h4-12,15-20,49H,3,13-14H2,1-2H3,(H,50,51)(H,52,53)(H,54,55,56)(H,57,58,59)(H2,39,40,41,42,43)/b46-45+,47-44+. The molecule has 0 aliphatic carbocycles. The Labute approximate surface area is 356 Å². The third-order valence-corrected chi connectivity index (χ3v) is 10.2. The second-order valence-corrected chi connectivity index (χ2v) is 15.5. The molecule has 1 aromatic heterocycles. The average molecular weight is 903 g/mol. The summed E-state index contributed by atoms with van der Waals surface area (Å²) in [7, 11) is -8.26. The van der Waals surface area contributed by atoms with E-state index in [1.54, 1.807) is 25.1 Å². The van der Waals surface area contributed by atoms with E-state index in [1.165, 1.54) is 66.8 Å². The van der Waals surface area contributed by atoms with Gasteiger partial charge in [-0.2, -0.15) is 52.2 Å². The Balaban J connectivity index is 1.26. The maximum absolute atomic E-state index is 12.2. The number of rotatable bonds is 18. The second-order valence-electron chi connectivity index (χ2n) is 12.7. The first-order valence-electron chi connectivity index (χ1n) is 18.0. The molecule has 0 bridgehead atoms. The molecule has 0 spiro atoms. The lowest BCUT2D eigenvalue weighted by Gasteiger charge is -2.21. The van der Waals surface area contributed by atoms with E-state index in [-0.39, 0.29) is 88.0 Å². The minimum Gasteiger partial charge on any atom is -0.494 e. The lowest BCUT2D eigenvalue weighted by molar-refractivity contribution is 0.0696. The summed E-state index contributed by atoms with van der Waals surface area (Å²) in [6.07, 6.45) is 0. The number of nitrogens with one attached hydrogen (secondary N) is 2. The molecule has 25 heteroatoms. The van der Waals surface area contributed by atoms with E-state index in [0.717, 1.165) is 18.2 Å². The van der Waals surface area contributed by atoms with Crippen molar-refractivity contribution in [3.8, 4) is 5.75 Å². The summed E-state index contributed by atoms with van der Waals surface area (Å²) in [6.45, 7) is 1.61. The molecule has 0 fully saturated rings. The number of hydroxylamine groups is 1. The van der Waals surface area contributed by atoms with Crippen molar-refractivity contribution in [1.82, 2.24) is 15.0 Å². The van der Waals surface area contributed by atoms with Gasteiger partial charge in [0.05, 0.1) is 66.4 Å². The topological polar surface area (TPSA) is 337 Å². The van der Waals surface area contributed by atoms with Gasteiger partial charge in [-0.1, -0.05) is 12.1 Å². The van der Waals surface area contributed by atoms with Crippen molar-refractivity contribution in [1.29, 1.82) is 0 Å². The molecule has 7 N–H and O–H groups in total. The summed E-state index contributed by atoms with van der Waals surface area (Å²) < 4.78 is 73.6. The number of fused-ring (bicyclic) bond motifs is 1. The van der Waals surface area contributed by atoms with Crippen LogP contribution in [0.5, 0.6) is 5.75 Å². The minimum absolute atomic E-state index is 0.00170. The van der Waals surface area contributed by atoms with E-state index < -0.39 is 42.0 Å². The van der Waals surface area contributed by atoms with Gasteiger partial charge in [-0.3, -0.25) is 13.9 Å². The summed E-state index contributed by atoms with van der Waals surface area (Å²) >= 11 is 0. The summed E-state index contributed by atoms with van der Waals surface area (Å²) in [5, 5.41) is 51.7. The van der Waals surface area contributed by atoms with Crippen LogP contribution >= 0.6 is 0 Å². The largest absolute Gasteiger partial charge is 0.494 e. The smallest absolute Gasteiger partial charge is 0.335 e. The number of aromatic carboxylic acids is 2. The van der Waals surface area contributed by atoms with E-state index >= 15 is 0 Å². The number of hydrogen-bond donors (Lipinski definition) is 7. The third kappa shape index (κ3) is 11.2. The average Bonchev–Trinajstić information content (AvgIpc) is 3.24. The quantitative estimate of drug-likeness (QED) is 0.0259. The van der Waals surface area contributed by atoms with Crippen LogP contribution in [0.25, 0.3) is 10.8 Å². The van der Waals surface area contributed by atoms with E-state index in [1.807, 2.05) is 0 Å². The van der Waals surface area contributed by atoms with Crippen LogP contribution in [-0.2, 0) is 25.1 Å². The molecule has 0 aliphatic heterocycles. The highest BCUT2D eigenvalue weighted by molar-refractivity contribution is 7.86. The van der Waals surface area contributed by atoms with Crippen LogP contribution in [0.2, 0.25) is 0 Å². The number of aromatic nitrogens is 3. The highest BCUT2D eigenvalue weighted by Crippen LogP contribution is 2.35. The molecule has 0 saturated heterocycles. The second kappa shape index (κ2) is 19.0. The molecule has 6 rings (SSSR count). The molecule has 23 nitrogen and oxygen atoms in total. The summed E-state index contributed by atoms with van der Waals surface area (Å²) in [4.78, 5) is 40.7. The fraction of sp³-hybridized carbons (Fsp3) is 0.132. The molecule has 0 atom stereocenters. The molecular formula is C38H34N10O13S2. The fourth-order valence-electron chi connectivity index (χ4n) is 5.72. The van der Waals surface area contributed by atoms with Gasteiger partial charge in [0.25, 0.3) is 26.2 Å². The Morgan fingerprint density at radius 1 is 0.683 bits per heavy atom. The van der Waals surface area contributed by atoms with Gasteiger partial charge in [-0.15, -0.1) is 0 Å². The summed E-state index contributed by atoms with van der Waals surface area (Å²) in [5.41, 5.74) is 0.583. The Kier molecular flexibility index (Phi) is 13.6. The van der Waals surface area contributed by atoms with Gasteiger partial charge in [0.2, 0.25) is 11.9 Å². The van der Waals surface area contributed by atoms with Crippen LogP contribution in [0.4, 0.5) is 52.0 Å². The number of hydrogen-bond acceptors (Lipinski definition) is 19. The number of azo groups is 2. The van der Waals surface area contributed by atoms with Crippen molar-refractivity contribution in [2.45, 2.75) is 16.7 Å². The summed E-state index contributed by atoms with van der Waals surface area (Å²) in [6, 6.07) is 19.9. The lowest BCUT2D eigenvalue weighted by Crippen LogP contribution is -2.29. The number of carbonyl (C=O) groups is 2. The number of aliphatic hydroxyl groups is 1. The van der Waals surface area contributed by atoms with Crippen molar-refractivity contribution in [3.63, 3.8) is 0 Å². The van der Waals surface area contributed by atoms with Gasteiger partial charge in [-0.25, -0.2) is 14.7 Å². The van der Waals surface area contributed by atoms with Crippen LogP contribution in [0.1, 0.15) is 27.6 Å². The van der Waals surface area contributed by atoms with Crippen molar-refractivity contribution >= 4 is 94.9 Å². The van der Waals surface area contributed by atoms with E-state index in [0.29, 0.717) is 11.4 Å². The number of benzene rings is 5. The molecular weight excluding hydrogens is 869 g/mol. The maximum atomic E-state index is 12.2. The lowest BCUT2D eigenvalue weighted by atomic mass is 10.1. The first-order chi connectivity index (χ1) is 29.9. The molecule has 5 aromatic carbocycles. The van der Waals surface area contributed by atoms with Gasteiger partial charge < -0.3 is 30.7 Å². The van der Waals surface area contributed by atoms with Gasteiger partial charge in [0, 0.05) is 22.5 Å². The van der Waals surface area contributed by atoms with Gasteiger partial charge >= 0.3 is 11.9 Å². The van der Waals surface area contributed by atoms with Crippen LogP contribution in [-0.4, -0.2) is 95.0 Å². The zero-order valence-corrected chi connectivity index (χ0v) is 34.3. The van der Waals surface area contributed by atoms with Crippen LogP contribution in [0.3, 0.4) is 0 Å². The maximum Gasteiger partial charge on any atom is 0.335 e. The zero-order chi connectivity index (χ0) is 45.5. The van der Waals surface area contributed by atoms with Crippen LogP contribution in [0, 0.1) is 0 Å². The molecule has 0 radical (unpaired) electrons. The predicted molar refractivity (Wildman–Crippen MR) is 224 cm³/mol. The number of methoxy groups -OCH3 is 1. The number of carboxylic acid groups (broad SMARTS) is 2. The van der Waals surface area contributed by atoms with Crippen molar-refractivity contribution in [3.05, 3.63) is 102 Å².